The van der Waals surface area contributed by atoms with Crippen molar-refractivity contribution in [2.45, 2.75) is 38.3 Å². The molecule has 0 nitrogen and oxygen atoms in total. The molecule has 0 aromatic carbocycles. The summed E-state index contributed by atoms with van der Waals surface area (Å²) in [7, 11) is 0. The third-order valence-corrected chi connectivity index (χ3v) is 17.2. The Kier molecular flexibility index (Phi) is 5.64. The van der Waals surface area contributed by atoms with E-state index in [1.807, 2.05) is 34.4 Å². The smallest absolute Gasteiger partial charge is 0.0651 e. The van der Waals surface area contributed by atoms with E-state index in [0.717, 1.165) is 23.0 Å². The molecule has 0 radical (unpaired) electrons. The molecule has 30 heavy (non-hydrogen) atoms. The molecule has 0 aliphatic carbocycles. The zero-order chi connectivity index (χ0) is 20.6. The van der Waals surface area contributed by atoms with Gasteiger partial charge in [0.1, 0.15) is 0 Å². The van der Waals surface area contributed by atoms with Crippen LogP contribution in [0.1, 0.15) is 29.2 Å². The highest BCUT2D eigenvalue weighted by molar-refractivity contribution is 8.10. The van der Waals surface area contributed by atoms with Crippen LogP contribution in [0, 0.1) is 13.8 Å². The fourth-order valence-electron chi connectivity index (χ4n) is 3.69. The van der Waals surface area contributed by atoms with Crippen LogP contribution in [0.2, 0.25) is 0 Å². The topological polar surface area (TPSA) is 0 Å². The first-order valence-electron chi connectivity index (χ1n) is 9.77. The summed E-state index contributed by atoms with van der Waals surface area (Å²) in [6.07, 6.45) is 0. The largest absolute Gasteiger partial charge is 0.138 e. The van der Waals surface area contributed by atoms with Crippen LogP contribution < -0.4 is 0 Å². The second-order valence-corrected chi connectivity index (χ2v) is 16.3. The van der Waals surface area contributed by atoms with Gasteiger partial charge in [-0.15, -0.1) is 92.4 Å². The van der Waals surface area contributed by atoms with Crippen LogP contribution >= 0.6 is 92.4 Å². The molecule has 156 valence electrons. The van der Waals surface area contributed by atoms with Gasteiger partial charge in [0.15, 0.2) is 0 Å². The normalized spacial score (nSPS) is 23.5. The van der Waals surface area contributed by atoms with E-state index in [9.17, 15) is 0 Å². The molecule has 0 spiro atoms. The zero-order valence-corrected chi connectivity index (χ0v) is 23.6. The summed E-state index contributed by atoms with van der Waals surface area (Å²) >= 11 is 16.5. The van der Waals surface area contributed by atoms with Gasteiger partial charge in [0.05, 0.1) is 28.2 Å². The van der Waals surface area contributed by atoms with Gasteiger partial charge in [-0.25, -0.2) is 0 Å². The Balaban J connectivity index is 1.41. The van der Waals surface area contributed by atoms with Crippen LogP contribution in [-0.2, 0) is 5.75 Å². The number of thioether (sulfide) groups is 4. The molecule has 6 rings (SSSR count). The average Bonchev–Trinajstić information content (AvgIpc) is 3.40. The lowest BCUT2D eigenvalue weighted by atomic mass is 10.3. The van der Waals surface area contributed by atoms with Crippen molar-refractivity contribution in [3.63, 3.8) is 0 Å². The average molecular weight is 541 g/mol. The molecule has 0 amide bonds. The van der Waals surface area contributed by atoms with Crippen LogP contribution in [-0.4, -0.2) is 17.3 Å². The van der Waals surface area contributed by atoms with Crippen LogP contribution in [0.15, 0.2) is 25.2 Å². The maximum atomic E-state index is 2.30. The molecule has 0 unspecified atom stereocenters. The Labute approximate surface area is 210 Å². The van der Waals surface area contributed by atoms with Crippen molar-refractivity contribution in [2.24, 2.45) is 0 Å². The van der Waals surface area contributed by atoms with Crippen molar-refractivity contribution < 1.29 is 0 Å². The van der Waals surface area contributed by atoms with Gasteiger partial charge in [0, 0.05) is 47.5 Å². The summed E-state index contributed by atoms with van der Waals surface area (Å²) in [5, 5.41) is 0. The fourth-order valence-corrected chi connectivity index (χ4v) is 15.4. The van der Waals surface area contributed by atoms with Crippen LogP contribution in [0.25, 0.3) is 28.2 Å². The van der Waals surface area contributed by atoms with Crippen molar-refractivity contribution in [2.75, 3.05) is 17.3 Å². The summed E-state index contributed by atoms with van der Waals surface area (Å²) in [5.74, 6) is 4.57. The third-order valence-electron chi connectivity index (χ3n) is 5.77. The van der Waals surface area contributed by atoms with Crippen LogP contribution in [0.5, 0.6) is 0 Å². The molecule has 0 N–H and O–H groups in total. The van der Waals surface area contributed by atoms with Crippen molar-refractivity contribution >= 4 is 121 Å². The molecule has 0 atom stereocenters. The van der Waals surface area contributed by atoms with Gasteiger partial charge in [-0.05, 0) is 38.2 Å². The number of rotatable bonds is 0. The van der Waals surface area contributed by atoms with E-state index in [2.05, 4.69) is 85.7 Å². The second kappa shape index (κ2) is 8.05. The minimum absolute atomic E-state index is 1.13. The Morgan fingerprint density at radius 3 is 1.97 bits per heavy atom. The number of aryl methyl sites for hydroxylation is 2. The molecule has 6 heterocycles. The molecule has 4 aromatic heterocycles. The van der Waals surface area contributed by atoms with Crippen molar-refractivity contribution in [3.05, 3.63) is 35.6 Å². The van der Waals surface area contributed by atoms with Crippen LogP contribution in [0.3, 0.4) is 0 Å². The standard InChI is InChI=1S/C22H20S8/c1-9-5-24-14-7-26-17-15(8-25-13(14)6-23-11(9)3)28-20-19(17)30-21-18-16(29-22(20)21)10(2)12(4)27-18/h5-8H2,1-4H3/b11-9-,14-13+. The number of hydrogen-bond donors (Lipinski definition) is 0. The Morgan fingerprint density at radius 1 is 0.533 bits per heavy atom. The quantitative estimate of drug-likeness (QED) is 0.217. The van der Waals surface area contributed by atoms with Crippen molar-refractivity contribution in [1.29, 1.82) is 0 Å². The van der Waals surface area contributed by atoms with Crippen LogP contribution in [0.4, 0.5) is 0 Å². The van der Waals surface area contributed by atoms with E-state index in [1.165, 1.54) is 24.7 Å². The fraction of sp³-hybridized carbons (Fsp3) is 0.364. The van der Waals surface area contributed by atoms with Gasteiger partial charge < -0.3 is 0 Å². The van der Waals surface area contributed by atoms with E-state index in [4.69, 9.17) is 0 Å². The molecule has 0 bridgehead atoms. The molecule has 4 aromatic rings. The summed E-state index contributed by atoms with van der Waals surface area (Å²) in [4.78, 5) is 9.44. The Hall–Kier alpha value is 0.460. The molecule has 2 aliphatic rings. The highest BCUT2D eigenvalue weighted by Gasteiger charge is 2.25. The maximum Gasteiger partial charge on any atom is 0.0651 e. The summed E-state index contributed by atoms with van der Waals surface area (Å²) in [6.45, 7) is 9.16. The number of fused-ring (bicyclic) bond motifs is 7. The van der Waals surface area contributed by atoms with E-state index in [-0.39, 0.29) is 0 Å². The summed E-state index contributed by atoms with van der Waals surface area (Å²) in [6, 6.07) is 0. The lowest BCUT2D eigenvalue weighted by molar-refractivity contribution is 1.34. The predicted octanol–water partition coefficient (Wildman–Crippen LogP) is 10.3. The monoisotopic (exact) mass is 540 g/mol. The van der Waals surface area contributed by atoms with Gasteiger partial charge in [-0.3, -0.25) is 0 Å². The van der Waals surface area contributed by atoms with Gasteiger partial charge in [0.25, 0.3) is 0 Å². The van der Waals surface area contributed by atoms with E-state index >= 15 is 0 Å². The summed E-state index contributed by atoms with van der Waals surface area (Å²) < 4.78 is 9.28. The zero-order valence-electron chi connectivity index (χ0n) is 17.1. The summed E-state index contributed by atoms with van der Waals surface area (Å²) in [5.41, 5.74) is 3.05. The highest BCUT2D eigenvalue weighted by atomic mass is 32.2. The van der Waals surface area contributed by atoms with Crippen molar-refractivity contribution in [1.82, 2.24) is 0 Å². The van der Waals surface area contributed by atoms with Crippen molar-refractivity contribution in [3.8, 4) is 0 Å². The minimum Gasteiger partial charge on any atom is -0.138 e. The molecule has 0 fully saturated rings. The first kappa shape index (κ1) is 21.0. The number of thiophene rings is 4. The molecule has 0 saturated carbocycles. The van der Waals surface area contributed by atoms with Gasteiger partial charge in [-0.2, -0.15) is 0 Å². The lowest BCUT2D eigenvalue weighted by Gasteiger charge is -2.21. The molecular weight excluding hydrogens is 521 g/mol. The van der Waals surface area contributed by atoms with Gasteiger partial charge in [0.2, 0.25) is 0 Å². The minimum atomic E-state index is 1.13. The maximum absolute atomic E-state index is 2.30. The second-order valence-electron chi connectivity index (χ2n) is 7.65. The van der Waals surface area contributed by atoms with Gasteiger partial charge in [-0.1, -0.05) is 5.57 Å². The first-order valence-corrected chi connectivity index (χ1v) is 17.0. The highest BCUT2D eigenvalue weighted by Crippen LogP contribution is 2.55. The Bertz CT molecular complexity index is 1380. The number of hydrogen-bond acceptors (Lipinski definition) is 8. The molecular formula is C22H20S8. The van der Waals surface area contributed by atoms with E-state index in [0.29, 0.717) is 0 Å². The lowest BCUT2D eigenvalue weighted by Crippen LogP contribution is -2.01. The third kappa shape index (κ3) is 3.31. The van der Waals surface area contributed by atoms with E-state index in [1.54, 1.807) is 44.0 Å². The Morgan fingerprint density at radius 2 is 1.17 bits per heavy atom. The van der Waals surface area contributed by atoms with Gasteiger partial charge >= 0.3 is 0 Å². The number of allylic oxidation sites excluding steroid dienone is 1. The SMILES string of the molecule is C/C1=C(\C)SC/C2=C(/CSc3c(sc4c3sc3c5sc(C)c(C)c5sc43)CS2)SC1. The van der Waals surface area contributed by atoms with E-state index < -0.39 is 0 Å². The molecule has 0 saturated heterocycles. The predicted molar refractivity (Wildman–Crippen MR) is 152 cm³/mol. The molecule has 2 aliphatic heterocycles. The first-order chi connectivity index (χ1) is 14.5. The molecule has 8 heteroatoms.